The molecule has 1 heterocycles. The SMILES string of the molecule is [CH2]CC1NCCCC1c1ccccc1. The van der Waals surface area contributed by atoms with Gasteiger partial charge in [-0.15, -0.1) is 0 Å². The fraction of sp³-hybridized carbons (Fsp3) is 0.462. The first-order chi connectivity index (χ1) is 6.92. The second kappa shape index (κ2) is 4.61. The minimum atomic E-state index is 0.575. The summed E-state index contributed by atoms with van der Waals surface area (Å²) in [6.07, 6.45) is 3.58. The van der Waals surface area contributed by atoms with Gasteiger partial charge in [-0.25, -0.2) is 0 Å². The molecule has 1 aliphatic heterocycles. The summed E-state index contributed by atoms with van der Waals surface area (Å²) in [7, 11) is 0. The van der Waals surface area contributed by atoms with Gasteiger partial charge in [-0.1, -0.05) is 37.3 Å². The Hall–Kier alpha value is -0.820. The average Bonchev–Trinajstić information content (AvgIpc) is 2.30. The van der Waals surface area contributed by atoms with Crippen LogP contribution in [0.3, 0.4) is 0 Å². The molecule has 1 heteroatoms. The topological polar surface area (TPSA) is 12.0 Å². The summed E-state index contributed by atoms with van der Waals surface area (Å²) >= 11 is 0. The summed E-state index contributed by atoms with van der Waals surface area (Å²) in [5.74, 6) is 0.669. The predicted molar refractivity (Wildman–Crippen MR) is 60.2 cm³/mol. The molecule has 1 aliphatic rings. The lowest BCUT2D eigenvalue weighted by molar-refractivity contribution is 0.351. The number of nitrogens with one attached hydrogen (secondary N) is 1. The molecule has 1 fully saturated rings. The molecule has 2 rings (SSSR count). The third-order valence-corrected chi connectivity index (χ3v) is 3.12. The molecular weight excluding hydrogens is 170 g/mol. The van der Waals surface area contributed by atoms with Crippen molar-refractivity contribution in [3.8, 4) is 0 Å². The summed E-state index contributed by atoms with van der Waals surface area (Å²) in [6.45, 7) is 5.18. The molecule has 0 spiro atoms. The number of hydrogen-bond acceptors (Lipinski definition) is 1. The second-order valence-electron chi connectivity index (χ2n) is 4.01. The Morgan fingerprint density at radius 1 is 1.29 bits per heavy atom. The standard InChI is InChI=1S/C13H18N/c1-2-13-12(9-6-10-14-13)11-7-4-3-5-8-11/h3-5,7-8,12-14H,1-2,6,9-10H2. The van der Waals surface area contributed by atoms with Gasteiger partial charge in [-0.3, -0.25) is 0 Å². The second-order valence-corrected chi connectivity index (χ2v) is 4.01. The fourth-order valence-corrected chi connectivity index (χ4v) is 2.36. The van der Waals surface area contributed by atoms with Crippen LogP contribution in [-0.4, -0.2) is 12.6 Å². The number of hydrogen-bond donors (Lipinski definition) is 1. The predicted octanol–water partition coefficient (Wildman–Crippen LogP) is 2.75. The molecule has 2 unspecified atom stereocenters. The van der Waals surface area contributed by atoms with Crippen LogP contribution in [0.2, 0.25) is 0 Å². The highest BCUT2D eigenvalue weighted by Gasteiger charge is 2.23. The molecule has 0 aromatic heterocycles. The minimum absolute atomic E-state index is 0.575. The van der Waals surface area contributed by atoms with E-state index in [1.54, 1.807) is 0 Å². The molecule has 1 aromatic carbocycles. The first-order valence-corrected chi connectivity index (χ1v) is 5.49. The lowest BCUT2D eigenvalue weighted by atomic mass is 9.84. The van der Waals surface area contributed by atoms with Crippen molar-refractivity contribution in [1.29, 1.82) is 0 Å². The van der Waals surface area contributed by atoms with Gasteiger partial charge >= 0.3 is 0 Å². The molecule has 1 aromatic rings. The van der Waals surface area contributed by atoms with Gasteiger partial charge in [0.1, 0.15) is 0 Å². The maximum atomic E-state index is 4.02. The molecule has 0 aliphatic carbocycles. The zero-order chi connectivity index (χ0) is 9.80. The molecule has 75 valence electrons. The summed E-state index contributed by atoms with van der Waals surface area (Å²) in [5.41, 5.74) is 1.47. The number of piperidine rings is 1. The Labute approximate surface area is 86.5 Å². The molecule has 1 nitrogen and oxygen atoms in total. The van der Waals surface area contributed by atoms with E-state index in [0.29, 0.717) is 12.0 Å². The Bertz CT molecular complexity index is 268. The number of rotatable bonds is 2. The normalized spacial score (nSPS) is 27.5. The van der Waals surface area contributed by atoms with Crippen molar-refractivity contribution in [2.45, 2.75) is 31.2 Å². The van der Waals surface area contributed by atoms with Crippen LogP contribution in [0.15, 0.2) is 30.3 Å². The van der Waals surface area contributed by atoms with Crippen molar-refractivity contribution in [2.75, 3.05) is 6.54 Å². The lowest BCUT2D eigenvalue weighted by Gasteiger charge is -2.32. The van der Waals surface area contributed by atoms with Crippen LogP contribution in [-0.2, 0) is 0 Å². The van der Waals surface area contributed by atoms with Gasteiger partial charge < -0.3 is 5.32 Å². The third kappa shape index (κ3) is 1.98. The van der Waals surface area contributed by atoms with Gasteiger partial charge in [0.2, 0.25) is 0 Å². The molecular formula is C13H18N. The van der Waals surface area contributed by atoms with Crippen molar-refractivity contribution >= 4 is 0 Å². The maximum absolute atomic E-state index is 4.02. The average molecular weight is 188 g/mol. The van der Waals surface area contributed by atoms with Crippen LogP contribution in [0.5, 0.6) is 0 Å². The van der Waals surface area contributed by atoms with E-state index in [0.717, 1.165) is 13.0 Å². The Morgan fingerprint density at radius 2 is 2.07 bits per heavy atom. The Kier molecular flexibility index (Phi) is 3.20. The van der Waals surface area contributed by atoms with Crippen LogP contribution in [0.4, 0.5) is 0 Å². The van der Waals surface area contributed by atoms with Crippen molar-refractivity contribution in [2.24, 2.45) is 0 Å². The zero-order valence-corrected chi connectivity index (χ0v) is 8.58. The van der Waals surface area contributed by atoms with E-state index in [4.69, 9.17) is 0 Å². The van der Waals surface area contributed by atoms with Crippen molar-refractivity contribution in [1.82, 2.24) is 5.32 Å². The van der Waals surface area contributed by atoms with Crippen molar-refractivity contribution in [3.05, 3.63) is 42.8 Å². The van der Waals surface area contributed by atoms with E-state index in [-0.39, 0.29) is 0 Å². The molecule has 1 N–H and O–H groups in total. The molecule has 1 radical (unpaired) electrons. The lowest BCUT2D eigenvalue weighted by Crippen LogP contribution is -2.39. The van der Waals surface area contributed by atoms with E-state index in [9.17, 15) is 0 Å². The summed E-state index contributed by atoms with van der Waals surface area (Å²) in [6, 6.07) is 11.4. The van der Waals surface area contributed by atoms with Crippen LogP contribution in [0.1, 0.15) is 30.7 Å². The van der Waals surface area contributed by atoms with E-state index < -0.39 is 0 Å². The molecule has 0 bridgehead atoms. The van der Waals surface area contributed by atoms with E-state index in [2.05, 4.69) is 42.6 Å². The van der Waals surface area contributed by atoms with E-state index >= 15 is 0 Å². The van der Waals surface area contributed by atoms with Gasteiger partial charge in [0, 0.05) is 6.04 Å². The minimum Gasteiger partial charge on any atom is -0.313 e. The largest absolute Gasteiger partial charge is 0.313 e. The first-order valence-electron chi connectivity index (χ1n) is 5.49. The van der Waals surface area contributed by atoms with Crippen LogP contribution < -0.4 is 5.32 Å². The van der Waals surface area contributed by atoms with Crippen molar-refractivity contribution < 1.29 is 0 Å². The number of benzene rings is 1. The van der Waals surface area contributed by atoms with E-state index in [1.807, 2.05) is 0 Å². The first kappa shape index (κ1) is 9.72. The van der Waals surface area contributed by atoms with Crippen LogP contribution >= 0.6 is 0 Å². The highest BCUT2D eigenvalue weighted by molar-refractivity contribution is 5.22. The summed E-state index contributed by atoms with van der Waals surface area (Å²) < 4.78 is 0. The zero-order valence-electron chi connectivity index (χ0n) is 8.58. The smallest absolute Gasteiger partial charge is 0.0136 e. The molecule has 1 saturated heterocycles. The molecule has 2 atom stereocenters. The van der Waals surface area contributed by atoms with Crippen LogP contribution in [0.25, 0.3) is 0 Å². The van der Waals surface area contributed by atoms with Gasteiger partial charge in [-0.05, 0) is 37.3 Å². The summed E-state index contributed by atoms with van der Waals surface area (Å²) in [5, 5.41) is 3.55. The highest BCUT2D eigenvalue weighted by atomic mass is 14.9. The van der Waals surface area contributed by atoms with E-state index in [1.165, 1.54) is 18.4 Å². The van der Waals surface area contributed by atoms with Gasteiger partial charge in [0.15, 0.2) is 0 Å². The molecule has 0 saturated carbocycles. The Morgan fingerprint density at radius 3 is 2.79 bits per heavy atom. The quantitative estimate of drug-likeness (QED) is 0.752. The molecule has 0 amide bonds. The Balaban J connectivity index is 2.15. The van der Waals surface area contributed by atoms with Gasteiger partial charge in [-0.2, -0.15) is 0 Å². The third-order valence-electron chi connectivity index (χ3n) is 3.12. The maximum Gasteiger partial charge on any atom is 0.0136 e. The van der Waals surface area contributed by atoms with Crippen LogP contribution in [0, 0.1) is 6.92 Å². The van der Waals surface area contributed by atoms with Crippen molar-refractivity contribution in [3.63, 3.8) is 0 Å². The molecule has 14 heavy (non-hydrogen) atoms. The monoisotopic (exact) mass is 188 g/mol. The highest BCUT2D eigenvalue weighted by Crippen LogP contribution is 2.28. The summed E-state index contributed by atoms with van der Waals surface area (Å²) in [4.78, 5) is 0. The van der Waals surface area contributed by atoms with Gasteiger partial charge in [0.05, 0.1) is 0 Å². The van der Waals surface area contributed by atoms with Gasteiger partial charge in [0.25, 0.3) is 0 Å². The fourth-order valence-electron chi connectivity index (χ4n) is 2.36.